The molecule has 0 rings (SSSR count). The van der Waals surface area contributed by atoms with Gasteiger partial charge in [-0.15, -0.1) is 0 Å². The molecule has 0 aromatic rings. The van der Waals surface area contributed by atoms with Crippen molar-refractivity contribution in [2.45, 2.75) is 0 Å². The van der Waals surface area contributed by atoms with Crippen molar-refractivity contribution in [1.29, 1.82) is 0 Å². The first-order valence-corrected chi connectivity index (χ1v) is 1.80. The Hall–Kier alpha value is 0.829. The Morgan fingerprint density at radius 1 is 1.00 bits per heavy atom. The van der Waals surface area contributed by atoms with Gasteiger partial charge in [-0.3, -0.25) is 0 Å². The normalized spacial score (nSPS) is 7.20. The van der Waals surface area contributed by atoms with E-state index in [-0.39, 0.29) is 17.1 Å². The van der Waals surface area contributed by atoms with Crippen LogP contribution < -0.4 is 0 Å². The van der Waals surface area contributed by atoms with Crippen LogP contribution in [0.1, 0.15) is 0 Å². The van der Waals surface area contributed by atoms with Gasteiger partial charge in [-0.2, -0.15) is 0 Å². The first-order valence-electron chi connectivity index (χ1n) is 0.600. The van der Waals surface area contributed by atoms with Gasteiger partial charge < -0.3 is 14.7 Å². The molecule has 0 aliphatic rings. The number of hydrogen-bond acceptors (Lipinski definition) is 3. The van der Waals surface area contributed by atoms with Crippen molar-refractivity contribution in [2.75, 3.05) is 0 Å². The molecule has 0 unspecified atom stereocenters. The minimum atomic E-state index is -2.62. The first kappa shape index (κ1) is 9.27. The molecule has 0 aliphatic heterocycles. The van der Waals surface area contributed by atoms with Gasteiger partial charge in [0.2, 0.25) is 0 Å². The van der Waals surface area contributed by atoms with E-state index in [0.29, 0.717) is 0 Å². The molecule has 0 aliphatic carbocycles. The van der Waals surface area contributed by atoms with E-state index in [1.807, 2.05) is 0 Å². The van der Waals surface area contributed by atoms with E-state index in [9.17, 15) is 0 Å². The van der Waals surface area contributed by atoms with E-state index in [2.05, 4.69) is 0 Å². The summed E-state index contributed by atoms with van der Waals surface area (Å²) in [6, 6.07) is 0. The van der Waals surface area contributed by atoms with Crippen LogP contribution in [0.4, 0.5) is 0 Å². The fourth-order valence-electron chi connectivity index (χ4n) is 0. The Balaban J connectivity index is 0. The van der Waals surface area contributed by atoms with Gasteiger partial charge in [0.1, 0.15) is 0 Å². The van der Waals surface area contributed by atoms with Crippen LogP contribution in [0.15, 0.2) is 0 Å². The van der Waals surface area contributed by atoms with E-state index in [4.69, 9.17) is 14.7 Å². The zero-order valence-electron chi connectivity index (χ0n) is 2.14. The first-order chi connectivity index (χ1) is 1.73. The van der Waals surface area contributed by atoms with Gasteiger partial charge in [0.15, 0.2) is 0 Å². The summed E-state index contributed by atoms with van der Waals surface area (Å²) >= 11 is 0. The van der Waals surface area contributed by atoms with Crippen LogP contribution in [0.5, 0.6) is 0 Å². The average molecular weight is 138 g/mol. The van der Waals surface area contributed by atoms with Gasteiger partial charge in [-0.1, -0.05) is 0 Å². The second kappa shape index (κ2) is 4.83. The molecule has 0 amide bonds. The van der Waals surface area contributed by atoms with Gasteiger partial charge in [0.05, 0.1) is 0 Å². The summed E-state index contributed by atoms with van der Waals surface area (Å²) in [5.41, 5.74) is 0. The molecule has 0 saturated heterocycles. The van der Waals surface area contributed by atoms with E-state index < -0.39 is 8.60 Å². The Morgan fingerprint density at radius 3 is 1.00 bits per heavy atom. The van der Waals surface area contributed by atoms with Crippen LogP contribution in [-0.4, -0.2) is 14.7 Å². The Morgan fingerprint density at radius 2 is 1.00 bits per heavy atom. The van der Waals surface area contributed by atoms with Gasteiger partial charge >= 0.3 is 8.60 Å². The molecule has 5 heteroatoms. The predicted octanol–water partition coefficient (Wildman–Crippen LogP) is -0.812. The van der Waals surface area contributed by atoms with Crippen molar-refractivity contribution < 1.29 is 31.7 Å². The predicted molar refractivity (Wildman–Crippen MR) is 13.6 cm³/mol. The molecule has 0 heterocycles. The second-order valence-corrected chi connectivity index (χ2v) is 0.805. The molecule has 0 saturated carbocycles. The molecule has 3 nitrogen and oxygen atoms in total. The molecular weight excluding hydrogens is 135 g/mol. The molecule has 0 radical (unpaired) electrons. The SMILES string of the molecule is OP(O)O.[Fe]. The zero-order chi connectivity index (χ0) is 3.58. The van der Waals surface area contributed by atoms with Crippen molar-refractivity contribution in [3.8, 4) is 0 Å². The summed E-state index contributed by atoms with van der Waals surface area (Å²) in [5, 5.41) is 0. The van der Waals surface area contributed by atoms with Crippen molar-refractivity contribution in [3.63, 3.8) is 0 Å². The summed E-state index contributed by atoms with van der Waals surface area (Å²) in [7, 11) is -2.62. The largest absolute Gasteiger partial charge is 0.328 e. The van der Waals surface area contributed by atoms with Crippen LogP contribution in [0, 0.1) is 0 Å². The van der Waals surface area contributed by atoms with E-state index >= 15 is 0 Å². The molecule has 3 N–H and O–H groups in total. The molecule has 0 bridgehead atoms. The van der Waals surface area contributed by atoms with Gasteiger partial charge in [-0.05, 0) is 0 Å². The third-order valence-electron chi connectivity index (χ3n) is 0. The standard InChI is InChI=1S/Fe.H3O3P/c;1-4(2)3/h;1-3H. The number of rotatable bonds is 0. The monoisotopic (exact) mass is 138 g/mol. The van der Waals surface area contributed by atoms with Crippen molar-refractivity contribution in [2.24, 2.45) is 0 Å². The Labute approximate surface area is 41.1 Å². The minimum absolute atomic E-state index is 0. The average Bonchev–Trinajstić information content (AvgIpc) is 0.811. The molecule has 0 fully saturated rings. The molecule has 5 heavy (non-hydrogen) atoms. The molecule has 0 atom stereocenters. The molecule has 0 aromatic carbocycles. The van der Waals surface area contributed by atoms with Crippen LogP contribution >= 0.6 is 8.60 Å². The van der Waals surface area contributed by atoms with E-state index in [1.54, 1.807) is 0 Å². The molecule has 34 valence electrons. The Bertz CT molecular complexity index is 11.6. The quantitative estimate of drug-likeness (QED) is 0.303. The smallest absolute Gasteiger partial charge is 0.324 e. The topological polar surface area (TPSA) is 60.7 Å². The summed E-state index contributed by atoms with van der Waals surface area (Å²) in [5.74, 6) is 0. The Kier molecular flexibility index (Phi) is 8.96. The molecule has 0 aromatic heterocycles. The summed E-state index contributed by atoms with van der Waals surface area (Å²) in [6.07, 6.45) is 0. The summed E-state index contributed by atoms with van der Waals surface area (Å²) in [6.45, 7) is 0. The van der Waals surface area contributed by atoms with Gasteiger partial charge in [0.25, 0.3) is 0 Å². The van der Waals surface area contributed by atoms with Crippen molar-refractivity contribution >= 4 is 8.60 Å². The zero-order valence-corrected chi connectivity index (χ0v) is 4.14. The minimum Gasteiger partial charge on any atom is -0.328 e. The summed E-state index contributed by atoms with van der Waals surface area (Å²) in [4.78, 5) is 21.7. The number of hydrogen-bond donors (Lipinski definition) is 3. The third kappa shape index (κ3) is 56.2. The van der Waals surface area contributed by atoms with Crippen LogP contribution in [0.25, 0.3) is 0 Å². The van der Waals surface area contributed by atoms with Crippen LogP contribution in [-0.2, 0) is 17.1 Å². The molecule has 0 spiro atoms. The third-order valence-corrected chi connectivity index (χ3v) is 0. The van der Waals surface area contributed by atoms with E-state index in [0.717, 1.165) is 0 Å². The fraction of sp³-hybridized carbons (Fsp3) is 0. The van der Waals surface area contributed by atoms with Crippen molar-refractivity contribution in [3.05, 3.63) is 0 Å². The maximum atomic E-state index is 7.23. The fourth-order valence-corrected chi connectivity index (χ4v) is 0. The maximum absolute atomic E-state index is 7.23. The van der Waals surface area contributed by atoms with Crippen LogP contribution in [0.3, 0.4) is 0 Å². The maximum Gasteiger partial charge on any atom is 0.324 e. The van der Waals surface area contributed by atoms with Gasteiger partial charge in [0, 0.05) is 17.1 Å². The second-order valence-electron chi connectivity index (χ2n) is 0.268. The summed E-state index contributed by atoms with van der Waals surface area (Å²) < 4.78 is 0. The van der Waals surface area contributed by atoms with Crippen LogP contribution in [0.2, 0.25) is 0 Å². The van der Waals surface area contributed by atoms with Gasteiger partial charge in [-0.25, -0.2) is 0 Å². The van der Waals surface area contributed by atoms with Crippen molar-refractivity contribution in [1.82, 2.24) is 0 Å². The van der Waals surface area contributed by atoms with E-state index in [1.165, 1.54) is 0 Å². The molecular formula is H3FeO3P.